The van der Waals surface area contributed by atoms with E-state index in [-0.39, 0.29) is 11.9 Å². The van der Waals surface area contributed by atoms with Crippen molar-refractivity contribution in [3.63, 3.8) is 0 Å². The van der Waals surface area contributed by atoms with Crippen molar-refractivity contribution < 1.29 is 24.2 Å². The molecule has 142 valence electrons. The van der Waals surface area contributed by atoms with Crippen LogP contribution in [0.5, 0.6) is 11.5 Å². The van der Waals surface area contributed by atoms with Crippen LogP contribution in [0.15, 0.2) is 18.2 Å². The number of rotatable bonds is 6. The summed E-state index contributed by atoms with van der Waals surface area (Å²) in [6, 6.07) is 5.37. The molecule has 1 aromatic rings. The van der Waals surface area contributed by atoms with Gasteiger partial charge in [-0.1, -0.05) is 6.42 Å². The van der Waals surface area contributed by atoms with Crippen molar-refractivity contribution in [2.45, 2.75) is 25.7 Å². The number of carboxylic acid groups (broad SMARTS) is 1. The van der Waals surface area contributed by atoms with Crippen LogP contribution in [0.2, 0.25) is 0 Å². The standard InChI is InChI=1S/C19H26N2O5/c1-25-15-5-6-16(26-2)13(10-15)7-9-20-18(24)21-11-14-4-3-8-19(14,12-21)17(22)23/h5-6,10,14H,3-4,7-9,11-12H2,1-2H3,(H,20,24)(H,22,23)/t14-,19+/m0/s1. The van der Waals surface area contributed by atoms with Gasteiger partial charge in [-0.25, -0.2) is 4.79 Å². The van der Waals surface area contributed by atoms with Crippen LogP contribution in [0.1, 0.15) is 24.8 Å². The summed E-state index contributed by atoms with van der Waals surface area (Å²) in [4.78, 5) is 25.8. The fraction of sp³-hybridized carbons (Fsp3) is 0.579. The maximum Gasteiger partial charge on any atom is 0.317 e. The number of urea groups is 1. The van der Waals surface area contributed by atoms with E-state index in [4.69, 9.17) is 9.47 Å². The van der Waals surface area contributed by atoms with E-state index in [0.717, 1.165) is 29.9 Å². The van der Waals surface area contributed by atoms with Crippen LogP contribution in [0.3, 0.4) is 0 Å². The van der Waals surface area contributed by atoms with Crippen molar-refractivity contribution in [3.8, 4) is 11.5 Å². The lowest BCUT2D eigenvalue weighted by molar-refractivity contribution is -0.149. The van der Waals surface area contributed by atoms with E-state index in [1.54, 1.807) is 19.1 Å². The highest BCUT2D eigenvalue weighted by Gasteiger charge is 2.55. The van der Waals surface area contributed by atoms with Gasteiger partial charge in [-0.3, -0.25) is 4.79 Å². The van der Waals surface area contributed by atoms with Crippen molar-refractivity contribution in [2.75, 3.05) is 33.9 Å². The predicted octanol–water partition coefficient (Wildman–Crippen LogP) is 2.14. The van der Waals surface area contributed by atoms with Crippen molar-refractivity contribution >= 4 is 12.0 Å². The molecular weight excluding hydrogens is 336 g/mol. The van der Waals surface area contributed by atoms with Gasteiger partial charge in [0.25, 0.3) is 0 Å². The Labute approximate surface area is 153 Å². The maximum absolute atomic E-state index is 12.5. The first-order chi connectivity index (χ1) is 12.5. The first kappa shape index (κ1) is 18.4. The number of nitrogens with one attached hydrogen (secondary N) is 1. The molecule has 0 radical (unpaired) electrons. The summed E-state index contributed by atoms with van der Waals surface area (Å²) in [5.74, 6) is 0.795. The van der Waals surface area contributed by atoms with Gasteiger partial charge in [0.15, 0.2) is 0 Å². The van der Waals surface area contributed by atoms with Crippen LogP contribution in [0.4, 0.5) is 4.79 Å². The number of fused-ring (bicyclic) bond motifs is 1. The summed E-state index contributed by atoms with van der Waals surface area (Å²) >= 11 is 0. The average Bonchev–Trinajstić information content (AvgIpc) is 3.20. The van der Waals surface area contributed by atoms with E-state index < -0.39 is 11.4 Å². The van der Waals surface area contributed by atoms with Crippen molar-refractivity contribution in [2.24, 2.45) is 11.3 Å². The number of ether oxygens (including phenoxy) is 2. The molecule has 0 unspecified atom stereocenters. The molecule has 1 saturated heterocycles. The Balaban J connectivity index is 1.56. The van der Waals surface area contributed by atoms with Gasteiger partial charge in [0.1, 0.15) is 11.5 Å². The van der Waals surface area contributed by atoms with Gasteiger partial charge in [0.05, 0.1) is 19.6 Å². The molecular formula is C19H26N2O5. The smallest absolute Gasteiger partial charge is 0.317 e. The Morgan fingerprint density at radius 1 is 1.35 bits per heavy atom. The Morgan fingerprint density at radius 3 is 2.81 bits per heavy atom. The summed E-state index contributed by atoms with van der Waals surface area (Å²) in [5.41, 5.74) is 0.209. The number of hydrogen-bond acceptors (Lipinski definition) is 4. The Hall–Kier alpha value is -2.44. The summed E-state index contributed by atoms with van der Waals surface area (Å²) < 4.78 is 10.6. The van der Waals surface area contributed by atoms with E-state index >= 15 is 0 Å². The van der Waals surface area contributed by atoms with Gasteiger partial charge in [-0.05, 0) is 48.9 Å². The minimum atomic E-state index is -0.767. The summed E-state index contributed by atoms with van der Waals surface area (Å²) in [6.07, 6.45) is 3.09. The highest BCUT2D eigenvalue weighted by Crippen LogP contribution is 2.48. The molecule has 2 fully saturated rings. The zero-order chi connectivity index (χ0) is 18.7. The van der Waals surface area contributed by atoms with Crippen molar-refractivity contribution in [3.05, 3.63) is 23.8 Å². The molecule has 1 aromatic carbocycles. The third kappa shape index (κ3) is 3.30. The quantitative estimate of drug-likeness (QED) is 0.809. The zero-order valence-electron chi connectivity index (χ0n) is 15.3. The van der Waals surface area contributed by atoms with Crippen LogP contribution < -0.4 is 14.8 Å². The minimum Gasteiger partial charge on any atom is -0.497 e. The number of amides is 2. The molecule has 0 aromatic heterocycles. The summed E-state index contributed by atoms with van der Waals surface area (Å²) in [5, 5.41) is 12.5. The molecule has 1 aliphatic carbocycles. The van der Waals surface area contributed by atoms with Gasteiger partial charge in [-0.2, -0.15) is 0 Å². The molecule has 2 amide bonds. The number of carbonyl (C=O) groups excluding carboxylic acids is 1. The van der Waals surface area contributed by atoms with Crippen LogP contribution in [0, 0.1) is 11.3 Å². The normalized spacial score (nSPS) is 24.2. The van der Waals surface area contributed by atoms with E-state index in [1.165, 1.54) is 0 Å². The van der Waals surface area contributed by atoms with Gasteiger partial charge in [0.2, 0.25) is 0 Å². The summed E-state index contributed by atoms with van der Waals surface area (Å²) in [6.45, 7) is 1.28. The fourth-order valence-corrected chi connectivity index (χ4v) is 4.29. The third-order valence-electron chi connectivity index (χ3n) is 5.74. The number of benzene rings is 1. The Kier molecular flexibility index (Phi) is 5.25. The largest absolute Gasteiger partial charge is 0.497 e. The second kappa shape index (κ2) is 7.43. The highest BCUT2D eigenvalue weighted by atomic mass is 16.5. The van der Waals surface area contributed by atoms with Crippen LogP contribution in [0.25, 0.3) is 0 Å². The molecule has 26 heavy (non-hydrogen) atoms. The molecule has 2 aliphatic rings. The molecule has 7 nitrogen and oxygen atoms in total. The average molecular weight is 362 g/mol. The zero-order valence-corrected chi connectivity index (χ0v) is 15.3. The molecule has 7 heteroatoms. The number of methoxy groups -OCH3 is 2. The maximum atomic E-state index is 12.5. The van der Waals surface area contributed by atoms with E-state index in [2.05, 4.69) is 5.32 Å². The first-order valence-electron chi connectivity index (χ1n) is 8.97. The molecule has 1 heterocycles. The molecule has 1 saturated carbocycles. The van der Waals surface area contributed by atoms with Gasteiger partial charge in [-0.15, -0.1) is 0 Å². The van der Waals surface area contributed by atoms with Crippen molar-refractivity contribution in [1.29, 1.82) is 0 Å². The number of aliphatic carboxylic acids is 1. The predicted molar refractivity (Wildman–Crippen MR) is 95.6 cm³/mol. The van der Waals surface area contributed by atoms with Gasteiger partial charge < -0.3 is 24.8 Å². The molecule has 3 rings (SSSR count). The number of likely N-dealkylation sites (tertiary alicyclic amines) is 1. The lowest BCUT2D eigenvalue weighted by atomic mass is 9.81. The van der Waals surface area contributed by atoms with Crippen LogP contribution in [-0.4, -0.2) is 55.9 Å². The highest BCUT2D eigenvalue weighted by molar-refractivity contribution is 5.80. The first-order valence-corrected chi connectivity index (χ1v) is 8.97. The molecule has 1 aliphatic heterocycles. The number of carboxylic acids is 1. The molecule has 2 N–H and O–H groups in total. The summed E-state index contributed by atoms with van der Waals surface area (Å²) in [7, 11) is 3.22. The van der Waals surface area contributed by atoms with E-state index in [9.17, 15) is 14.7 Å². The second-order valence-electron chi connectivity index (χ2n) is 7.09. The number of carbonyl (C=O) groups is 2. The monoisotopic (exact) mass is 362 g/mol. The minimum absolute atomic E-state index is 0.0734. The van der Waals surface area contributed by atoms with Crippen molar-refractivity contribution in [1.82, 2.24) is 10.2 Å². The second-order valence-corrected chi connectivity index (χ2v) is 7.09. The number of hydrogen-bond donors (Lipinski definition) is 2. The Morgan fingerprint density at radius 2 is 2.15 bits per heavy atom. The molecule has 2 atom stereocenters. The molecule has 0 bridgehead atoms. The number of nitrogens with zero attached hydrogens (tertiary/aromatic N) is 1. The Bertz CT molecular complexity index is 693. The lowest BCUT2D eigenvalue weighted by Gasteiger charge is -2.23. The fourth-order valence-electron chi connectivity index (χ4n) is 4.29. The van der Waals surface area contributed by atoms with E-state index in [0.29, 0.717) is 32.5 Å². The van der Waals surface area contributed by atoms with Gasteiger partial charge >= 0.3 is 12.0 Å². The van der Waals surface area contributed by atoms with Crippen LogP contribution >= 0.6 is 0 Å². The van der Waals surface area contributed by atoms with Crippen LogP contribution in [-0.2, 0) is 11.2 Å². The third-order valence-corrected chi connectivity index (χ3v) is 5.74. The van der Waals surface area contributed by atoms with Gasteiger partial charge in [0, 0.05) is 19.6 Å². The molecule has 0 spiro atoms. The topological polar surface area (TPSA) is 88.1 Å². The lowest BCUT2D eigenvalue weighted by Crippen LogP contribution is -2.42. The van der Waals surface area contributed by atoms with E-state index in [1.807, 2.05) is 18.2 Å². The SMILES string of the molecule is COc1ccc(OC)c(CCNC(=O)N2C[C@@H]3CCC[C@@]3(C(=O)O)C2)c1.